The van der Waals surface area contributed by atoms with E-state index in [0.717, 1.165) is 35.7 Å². The molecule has 2 heterocycles. The molecule has 0 aliphatic heterocycles. The number of hydrogen-bond donors (Lipinski definition) is 0. The highest BCUT2D eigenvalue weighted by Gasteiger charge is 2.10. The van der Waals surface area contributed by atoms with Crippen molar-refractivity contribution in [2.45, 2.75) is 26.8 Å². The Morgan fingerprint density at radius 1 is 1.21 bits per heavy atom. The van der Waals surface area contributed by atoms with Gasteiger partial charge in [0.2, 0.25) is 0 Å². The molecule has 0 radical (unpaired) electrons. The zero-order valence-electron chi connectivity index (χ0n) is 14.3. The molecule has 0 spiro atoms. The van der Waals surface area contributed by atoms with Crippen molar-refractivity contribution in [2.24, 2.45) is 7.05 Å². The molecule has 6 heteroatoms. The summed E-state index contributed by atoms with van der Waals surface area (Å²) in [4.78, 5) is 4.28. The fourth-order valence-corrected chi connectivity index (χ4v) is 2.70. The molecule has 0 bridgehead atoms. The predicted octanol–water partition coefficient (Wildman–Crippen LogP) is 3.79. The first-order valence-electron chi connectivity index (χ1n) is 7.83. The van der Waals surface area contributed by atoms with Crippen LogP contribution in [0.5, 0.6) is 5.75 Å². The van der Waals surface area contributed by atoms with Gasteiger partial charge >= 0.3 is 0 Å². The number of aromatic nitrogens is 4. The molecule has 2 aromatic heterocycles. The maximum absolute atomic E-state index is 5.81. The third-order valence-corrected chi connectivity index (χ3v) is 3.80. The van der Waals surface area contributed by atoms with Gasteiger partial charge in [-0.15, -0.1) is 12.4 Å². The Morgan fingerprint density at radius 3 is 2.75 bits per heavy atom. The first-order chi connectivity index (χ1) is 11.1. The average Bonchev–Trinajstić information content (AvgIpc) is 3.09. The van der Waals surface area contributed by atoms with Crippen LogP contribution in [0.3, 0.4) is 0 Å². The van der Waals surface area contributed by atoms with Gasteiger partial charge in [0.1, 0.15) is 5.75 Å². The van der Waals surface area contributed by atoms with Gasteiger partial charge in [0, 0.05) is 25.4 Å². The molecule has 0 saturated carbocycles. The van der Waals surface area contributed by atoms with Gasteiger partial charge in [-0.2, -0.15) is 5.10 Å². The van der Waals surface area contributed by atoms with Gasteiger partial charge in [0.15, 0.2) is 0 Å². The van der Waals surface area contributed by atoms with E-state index in [-0.39, 0.29) is 12.4 Å². The van der Waals surface area contributed by atoms with Crippen molar-refractivity contribution in [1.82, 2.24) is 19.3 Å². The van der Waals surface area contributed by atoms with Gasteiger partial charge in [-0.05, 0) is 38.0 Å². The Morgan fingerprint density at radius 2 is 2.04 bits per heavy atom. The smallest absolute Gasteiger partial charge is 0.119 e. The molecular formula is C18H23ClN4O. The van der Waals surface area contributed by atoms with E-state index in [1.54, 1.807) is 0 Å². The van der Waals surface area contributed by atoms with Crippen LogP contribution in [-0.4, -0.2) is 25.9 Å². The maximum atomic E-state index is 5.81. The SMILES string of the molecule is Cc1cccc(OCCCn2cncc2-c2cn(C)nc2C)c1.Cl. The van der Waals surface area contributed by atoms with Gasteiger partial charge < -0.3 is 9.30 Å². The Labute approximate surface area is 148 Å². The second kappa shape index (κ2) is 8.02. The van der Waals surface area contributed by atoms with Crippen LogP contribution in [0.4, 0.5) is 0 Å². The normalized spacial score (nSPS) is 10.5. The molecule has 0 amide bonds. The van der Waals surface area contributed by atoms with E-state index in [1.807, 2.05) is 49.5 Å². The number of imidazole rings is 1. The Kier molecular flexibility index (Phi) is 6.04. The van der Waals surface area contributed by atoms with Gasteiger partial charge in [0.05, 0.1) is 30.5 Å². The van der Waals surface area contributed by atoms with Gasteiger partial charge in [-0.3, -0.25) is 4.68 Å². The molecule has 3 rings (SSSR count). The number of benzene rings is 1. The quantitative estimate of drug-likeness (QED) is 0.638. The minimum Gasteiger partial charge on any atom is -0.494 e. The van der Waals surface area contributed by atoms with Crippen LogP contribution in [0.15, 0.2) is 43.0 Å². The summed E-state index contributed by atoms with van der Waals surface area (Å²) in [7, 11) is 1.94. The van der Waals surface area contributed by atoms with Crippen molar-refractivity contribution in [1.29, 1.82) is 0 Å². The lowest BCUT2D eigenvalue weighted by Gasteiger charge is -2.09. The summed E-state index contributed by atoms with van der Waals surface area (Å²) in [6.07, 6.45) is 6.72. The first-order valence-corrected chi connectivity index (χ1v) is 7.83. The predicted molar refractivity (Wildman–Crippen MR) is 97.7 cm³/mol. The number of aryl methyl sites for hydroxylation is 4. The maximum Gasteiger partial charge on any atom is 0.119 e. The molecule has 0 fully saturated rings. The molecule has 128 valence electrons. The Balaban J connectivity index is 0.00000208. The molecule has 0 unspecified atom stereocenters. The van der Waals surface area contributed by atoms with E-state index < -0.39 is 0 Å². The summed E-state index contributed by atoms with van der Waals surface area (Å²) in [6, 6.07) is 8.14. The van der Waals surface area contributed by atoms with Gasteiger partial charge in [-0.25, -0.2) is 4.98 Å². The molecule has 24 heavy (non-hydrogen) atoms. The number of nitrogens with zero attached hydrogens (tertiary/aromatic N) is 4. The number of ether oxygens (including phenoxy) is 1. The standard InChI is InChI=1S/C18H22N4O.ClH/c1-14-6-4-7-16(10-14)23-9-5-8-22-13-19-11-18(22)17-12-21(3)20-15(17)2;/h4,6-7,10-13H,5,8-9H2,1-3H3;1H. The van der Waals surface area contributed by atoms with Crippen LogP contribution >= 0.6 is 12.4 Å². The second-order valence-electron chi connectivity index (χ2n) is 5.79. The number of halogens is 1. The van der Waals surface area contributed by atoms with Crippen LogP contribution < -0.4 is 4.74 Å². The average molecular weight is 347 g/mol. The molecule has 0 atom stereocenters. The Hall–Kier alpha value is -2.27. The topological polar surface area (TPSA) is 44.9 Å². The lowest BCUT2D eigenvalue weighted by molar-refractivity contribution is 0.302. The highest BCUT2D eigenvalue weighted by Crippen LogP contribution is 2.22. The largest absolute Gasteiger partial charge is 0.494 e. The lowest BCUT2D eigenvalue weighted by atomic mass is 10.2. The monoisotopic (exact) mass is 346 g/mol. The molecular weight excluding hydrogens is 324 g/mol. The molecule has 0 aliphatic rings. The summed E-state index contributed by atoms with van der Waals surface area (Å²) in [5.41, 5.74) is 4.47. The summed E-state index contributed by atoms with van der Waals surface area (Å²) < 4.78 is 9.80. The van der Waals surface area contributed by atoms with Gasteiger partial charge in [0.25, 0.3) is 0 Å². The van der Waals surface area contributed by atoms with E-state index in [4.69, 9.17) is 4.74 Å². The number of hydrogen-bond acceptors (Lipinski definition) is 3. The van der Waals surface area contributed by atoms with Crippen LogP contribution in [0, 0.1) is 13.8 Å². The van der Waals surface area contributed by atoms with Crippen molar-refractivity contribution in [2.75, 3.05) is 6.61 Å². The number of rotatable bonds is 6. The molecule has 0 aliphatic carbocycles. The van der Waals surface area contributed by atoms with Crippen molar-refractivity contribution >= 4 is 12.4 Å². The summed E-state index contributed by atoms with van der Waals surface area (Å²) in [5, 5.41) is 4.40. The van der Waals surface area contributed by atoms with E-state index in [0.29, 0.717) is 6.61 Å². The zero-order valence-corrected chi connectivity index (χ0v) is 15.1. The molecule has 3 aromatic rings. The summed E-state index contributed by atoms with van der Waals surface area (Å²) >= 11 is 0. The molecule has 0 saturated heterocycles. The third-order valence-electron chi connectivity index (χ3n) is 3.80. The minimum atomic E-state index is 0. The molecule has 1 aromatic carbocycles. The fourth-order valence-electron chi connectivity index (χ4n) is 2.70. The Bertz CT molecular complexity index is 794. The van der Waals surface area contributed by atoms with Crippen LogP contribution in [0.1, 0.15) is 17.7 Å². The summed E-state index contributed by atoms with van der Waals surface area (Å²) in [6.45, 7) is 5.65. The third kappa shape index (κ3) is 4.17. The van der Waals surface area contributed by atoms with Crippen molar-refractivity contribution in [3.8, 4) is 17.0 Å². The molecule has 0 N–H and O–H groups in total. The van der Waals surface area contributed by atoms with Crippen LogP contribution in [0.2, 0.25) is 0 Å². The van der Waals surface area contributed by atoms with E-state index >= 15 is 0 Å². The minimum absolute atomic E-state index is 0. The van der Waals surface area contributed by atoms with Crippen molar-refractivity contribution < 1.29 is 4.74 Å². The second-order valence-corrected chi connectivity index (χ2v) is 5.79. The lowest BCUT2D eigenvalue weighted by Crippen LogP contribution is -2.05. The van der Waals surface area contributed by atoms with E-state index in [1.165, 1.54) is 5.56 Å². The van der Waals surface area contributed by atoms with Crippen LogP contribution in [0.25, 0.3) is 11.3 Å². The van der Waals surface area contributed by atoms with E-state index in [2.05, 4.69) is 33.7 Å². The van der Waals surface area contributed by atoms with E-state index in [9.17, 15) is 0 Å². The van der Waals surface area contributed by atoms with Crippen molar-refractivity contribution in [3.05, 3.63) is 54.2 Å². The fraction of sp³-hybridized carbons (Fsp3) is 0.333. The molecule has 5 nitrogen and oxygen atoms in total. The highest BCUT2D eigenvalue weighted by molar-refractivity contribution is 5.85. The first kappa shape index (κ1) is 18.1. The van der Waals surface area contributed by atoms with Gasteiger partial charge in [-0.1, -0.05) is 12.1 Å². The van der Waals surface area contributed by atoms with Crippen LogP contribution in [-0.2, 0) is 13.6 Å². The highest BCUT2D eigenvalue weighted by atomic mass is 35.5. The summed E-state index contributed by atoms with van der Waals surface area (Å²) in [5.74, 6) is 0.930. The van der Waals surface area contributed by atoms with Crippen molar-refractivity contribution in [3.63, 3.8) is 0 Å². The zero-order chi connectivity index (χ0) is 16.2.